The highest BCUT2D eigenvalue weighted by Gasteiger charge is 2.08. The second-order valence-corrected chi connectivity index (χ2v) is 4.98. The summed E-state index contributed by atoms with van der Waals surface area (Å²) in [5.41, 5.74) is 0.689. The molecule has 0 aliphatic carbocycles. The van der Waals surface area contributed by atoms with Gasteiger partial charge in [-0.25, -0.2) is 0 Å². The maximum absolute atomic E-state index is 11.9. The lowest BCUT2D eigenvalue weighted by molar-refractivity contribution is 0.365. The average Bonchev–Trinajstić information content (AvgIpc) is 2.73. The smallest absolute Gasteiger partial charge is 0.253 e. The van der Waals surface area contributed by atoms with Crippen LogP contribution in [0.2, 0.25) is 0 Å². The van der Waals surface area contributed by atoms with Crippen molar-refractivity contribution in [3.05, 3.63) is 43.5 Å². The van der Waals surface area contributed by atoms with Gasteiger partial charge >= 0.3 is 0 Å². The Morgan fingerprint density at radius 2 is 2.29 bits per heavy atom. The Labute approximate surface area is 112 Å². The molecule has 2 aromatic rings. The van der Waals surface area contributed by atoms with E-state index in [1.807, 2.05) is 13.0 Å². The lowest BCUT2D eigenvalue weighted by atomic mass is 10.3. The van der Waals surface area contributed by atoms with Crippen LogP contribution in [0.4, 0.5) is 0 Å². The van der Waals surface area contributed by atoms with Crippen molar-refractivity contribution < 1.29 is 4.52 Å². The first-order valence-corrected chi connectivity index (χ1v) is 6.36. The number of nitrogens with zero attached hydrogens (tertiary/aromatic N) is 3. The van der Waals surface area contributed by atoms with Gasteiger partial charge in [0.15, 0.2) is 5.82 Å². The van der Waals surface area contributed by atoms with E-state index >= 15 is 0 Å². The first kappa shape index (κ1) is 12.3. The number of hydrogen-bond acceptors (Lipinski definition) is 4. The Morgan fingerprint density at radius 1 is 1.53 bits per heavy atom. The Hall–Kier alpha value is -1.18. The minimum absolute atomic E-state index is 0.0262. The van der Waals surface area contributed by atoms with Crippen LogP contribution < -0.4 is 5.56 Å². The molecule has 0 radical (unpaired) electrons. The maximum Gasteiger partial charge on any atom is 0.253 e. The van der Waals surface area contributed by atoms with Gasteiger partial charge in [0.2, 0.25) is 5.89 Å². The molecule has 0 aliphatic rings. The van der Waals surface area contributed by atoms with Crippen LogP contribution in [0, 0.1) is 10.5 Å². The van der Waals surface area contributed by atoms with E-state index in [2.05, 4.69) is 32.7 Å². The summed E-state index contributed by atoms with van der Waals surface area (Å²) in [7, 11) is 0. The molecule has 17 heavy (non-hydrogen) atoms. The van der Waals surface area contributed by atoms with E-state index in [-0.39, 0.29) is 5.56 Å². The normalized spacial score (nSPS) is 10.8. The Balaban J connectivity index is 2.32. The van der Waals surface area contributed by atoms with Crippen LogP contribution in [0.25, 0.3) is 0 Å². The fourth-order valence-corrected chi connectivity index (χ4v) is 2.30. The van der Waals surface area contributed by atoms with Crippen LogP contribution in [-0.4, -0.2) is 14.7 Å². The zero-order valence-corrected chi connectivity index (χ0v) is 11.8. The molecule has 2 aromatic heterocycles. The number of hydrogen-bond donors (Lipinski definition) is 0. The number of aromatic nitrogens is 3. The monoisotopic (exact) mass is 345 g/mol. The molecule has 90 valence electrons. The van der Waals surface area contributed by atoms with Crippen molar-refractivity contribution in [1.82, 2.24) is 14.7 Å². The van der Waals surface area contributed by atoms with Crippen molar-refractivity contribution in [2.45, 2.75) is 26.8 Å². The standard InChI is InChI=1S/C11H12IN3O2/c1-3-9-13-10(17-14-9)6-15-5-8(12)4-7(2)11(15)16/h4-5H,3,6H2,1-2H3. The van der Waals surface area contributed by atoms with Gasteiger partial charge in [-0.3, -0.25) is 4.79 Å². The summed E-state index contributed by atoms with van der Waals surface area (Å²) in [6.07, 6.45) is 2.51. The highest BCUT2D eigenvalue weighted by molar-refractivity contribution is 14.1. The molecule has 0 amide bonds. The lowest BCUT2D eigenvalue weighted by Crippen LogP contribution is -2.22. The van der Waals surface area contributed by atoms with Gasteiger partial charge in [-0.05, 0) is 35.6 Å². The van der Waals surface area contributed by atoms with Gasteiger partial charge in [0.05, 0.1) is 0 Å². The van der Waals surface area contributed by atoms with Crippen LogP contribution in [0.5, 0.6) is 0 Å². The SMILES string of the molecule is CCc1noc(Cn2cc(I)cc(C)c2=O)n1. The fraction of sp³-hybridized carbons (Fsp3) is 0.364. The van der Waals surface area contributed by atoms with Crippen LogP contribution in [0.15, 0.2) is 21.6 Å². The van der Waals surface area contributed by atoms with E-state index in [4.69, 9.17) is 4.52 Å². The van der Waals surface area contributed by atoms with Crippen molar-refractivity contribution in [1.29, 1.82) is 0 Å². The molecule has 0 spiro atoms. The molecule has 0 aromatic carbocycles. The predicted octanol–water partition coefficient (Wildman–Crippen LogP) is 1.76. The summed E-state index contributed by atoms with van der Waals surface area (Å²) < 4.78 is 7.67. The van der Waals surface area contributed by atoms with Gasteiger partial charge in [0, 0.05) is 21.8 Å². The minimum Gasteiger partial charge on any atom is -0.337 e. The molecule has 2 heterocycles. The van der Waals surface area contributed by atoms with Crippen LogP contribution in [0.3, 0.4) is 0 Å². The molecule has 0 fully saturated rings. The summed E-state index contributed by atoms with van der Waals surface area (Å²) in [6, 6.07) is 1.85. The molecule has 6 heteroatoms. The van der Waals surface area contributed by atoms with Crippen molar-refractivity contribution in [2.75, 3.05) is 0 Å². The van der Waals surface area contributed by atoms with E-state index < -0.39 is 0 Å². The summed E-state index contributed by atoms with van der Waals surface area (Å²) in [5, 5.41) is 3.80. The van der Waals surface area contributed by atoms with E-state index in [0.29, 0.717) is 23.8 Å². The molecule has 0 unspecified atom stereocenters. The summed E-state index contributed by atoms with van der Waals surface area (Å²) in [5.74, 6) is 1.13. The third-order valence-corrected chi connectivity index (χ3v) is 2.95. The van der Waals surface area contributed by atoms with Gasteiger partial charge in [-0.15, -0.1) is 0 Å². The van der Waals surface area contributed by atoms with Crippen LogP contribution in [-0.2, 0) is 13.0 Å². The molecule has 0 bridgehead atoms. The topological polar surface area (TPSA) is 60.9 Å². The molecular formula is C11H12IN3O2. The van der Waals surface area contributed by atoms with Crippen molar-refractivity contribution in [3.63, 3.8) is 0 Å². The summed E-state index contributed by atoms with van der Waals surface area (Å²) in [4.78, 5) is 16.1. The second-order valence-electron chi connectivity index (χ2n) is 3.73. The molecule has 0 saturated carbocycles. The first-order chi connectivity index (χ1) is 8.10. The predicted molar refractivity (Wildman–Crippen MR) is 70.9 cm³/mol. The molecule has 5 nitrogen and oxygen atoms in total. The van der Waals surface area contributed by atoms with E-state index in [1.165, 1.54) is 0 Å². The third kappa shape index (κ3) is 2.74. The molecular weight excluding hydrogens is 333 g/mol. The van der Waals surface area contributed by atoms with Crippen LogP contribution in [0.1, 0.15) is 24.2 Å². The molecule has 2 rings (SSSR count). The quantitative estimate of drug-likeness (QED) is 0.796. The van der Waals surface area contributed by atoms with Crippen LogP contribution >= 0.6 is 22.6 Å². The van der Waals surface area contributed by atoms with Gasteiger partial charge in [0.25, 0.3) is 5.56 Å². The highest BCUT2D eigenvalue weighted by Crippen LogP contribution is 2.05. The Bertz CT molecular complexity index is 589. The van der Waals surface area contributed by atoms with Gasteiger partial charge in [-0.1, -0.05) is 12.1 Å². The number of aryl methyl sites for hydroxylation is 2. The van der Waals surface area contributed by atoms with Gasteiger partial charge in [0.1, 0.15) is 6.54 Å². The maximum atomic E-state index is 11.9. The zero-order valence-electron chi connectivity index (χ0n) is 9.61. The van der Waals surface area contributed by atoms with Crippen molar-refractivity contribution in [2.24, 2.45) is 0 Å². The average molecular weight is 345 g/mol. The highest BCUT2D eigenvalue weighted by atomic mass is 127. The number of pyridine rings is 1. The Kier molecular flexibility index (Phi) is 3.60. The summed E-state index contributed by atoms with van der Waals surface area (Å²) >= 11 is 2.18. The molecule has 0 saturated heterocycles. The lowest BCUT2D eigenvalue weighted by Gasteiger charge is -2.04. The summed E-state index contributed by atoms with van der Waals surface area (Å²) in [6.45, 7) is 4.08. The zero-order chi connectivity index (χ0) is 12.4. The van der Waals surface area contributed by atoms with E-state index in [9.17, 15) is 4.79 Å². The number of halogens is 1. The van der Waals surface area contributed by atoms with Gasteiger partial charge in [-0.2, -0.15) is 4.98 Å². The number of rotatable bonds is 3. The molecule has 0 N–H and O–H groups in total. The second kappa shape index (κ2) is 4.99. The first-order valence-electron chi connectivity index (χ1n) is 5.28. The van der Waals surface area contributed by atoms with Gasteiger partial charge < -0.3 is 9.09 Å². The molecule has 0 atom stereocenters. The fourth-order valence-electron chi connectivity index (χ4n) is 1.50. The molecule has 0 aliphatic heterocycles. The minimum atomic E-state index is -0.0262. The van der Waals surface area contributed by atoms with E-state index in [0.717, 1.165) is 9.99 Å². The largest absolute Gasteiger partial charge is 0.337 e. The van der Waals surface area contributed by atoms with E-state index in [1.54, 1.807) is 17.7 Å². The Morgan fingerprint density at radius 3 is 2.94 bits per heavy atom. The van der Waals surface area contributed by atoms with Crippen molar-refractivity contribution in [3.8, 4) is 0 Å². The third-order valence-electron chi connectivity index (χ3n) is 2.36. The van der Waals surface area contributed by atoms with Crippen molar-refractivity contribution >= 4 is 22.6 Å².